The summed E-state index contributed by atoms with van der Waals surface area (Å²) < 4.78 is 3.34. The maximum Gasteiger partial charge on any atom is 0.151 e. The maximum atomic E-state index is 10.7. The molecule has 1 aromatic carbocycles. The number of thiophene rings is 1. The number of halogens is 2. The van der Waals surface area contributed by atoms with Gasteiger partial charge >= 0.3 is 0 Å². The average Bonchev–Trinajstić information content (AvgIpc) is 2.47. The largest absolute Gasteiger partial charge is 0.298 e. The zero-order valence-electron chi connectivity index (χ0n) is 6.38. The highest BCUT2D eigenvalue weighted by molar-refractivity contribution is 14.1. The molecule has 0 amide bonds. The number of hydrogen-bond donors (Lipinski definition) is 0. The predicted molar refractivity (Wildman–Crippen MR) is 67.6 cm³/mol. The van der Waals surface area contributed by atoms with E-state index in [2.05, 4.69) is 44.6 Å². The van der Waals surface area contributed by atoms with Gasteiger partial charge in [-0.1, -0.05) is 0 Å². The molecule has 0 aliphatic carbocycles. The molecule has 0 N–H and O–H groups in total. The van der Waals surface area contributed by atoms with E-state index in [4.69, 9.17) is 0 Å². The number of carbonyl (C=O) groups excluding carboxylic acids is 1. The summed E-state index contributed by atoms with van der Waals surface area (Å²) in [4.78, 5) is 10.7. The Labute approximate surface area is 101 Å². The first-order chi connectivity index (χ1) is 6.22. The van der Waals surface area contributed by atoms with Crippen LogP contribution in [0.15, 0.2) is 22.0 Å². The normalized spacial score (nSPS) is 10.6. The van der Waals surface area contributed by atoms with Gasteiger partial charge in [0.2, 0.25) is 0 Å². The predicted octanol–water partition coefficient (Wildman–Crippen LogP) is 4.08. The fourth-order valence-corrected chi connectivity index (χ4v) is 3.64. The fourth-order valence-electron chi connectivity index (χ4n) is 1.15. The number of carbonyl (C=O) groups is 1. The molecule has 0 atom stereocenters. The number of rotatable bonds is 1. The number of benzene rings is 1. The van der Waals surface area contributed by atoms with Gasteiger partial charge < -0.3 is 0 Å². The summed E-state index contributed by atoms with van der Waals surface area (Å²) in [5, 5.41) is 1.15. The van der Waals surface area contributed by atoms with Crippen LogP contribution in [0.3, 0.4) is 0 Å². The molecule has 0 aliphatic rings. The summed E-state index contributed by atoms with van der Waals surface area (Å²) in [7, 11) is 0. The Balaban J connectivity index is 2.85. The van der Waals surface area contributed by atoms with Gasteiger partial charge in [0.25, 0.3) is 0 Å². The van der Waals surface area contributed by atoms with Gasteiger partial charge in [0, 0.05) is 19.2 Å². The highest BCUT2D eigenvalue weighted by atomic mass is 127. The van der Waals surface area contributed by atoms with E-state index in [1.165, 1.54) is 4.70 Å². The van der Waals surface area contributed by atoms with Crippen LogP contribution in [-0.4, -0.2) is 6.29 Å². The van der Waals surface area contributed by atoms with Crippen LogP contribution in [0.5, 0.6) is 0 Å². The van der Waals surface area contributed by atoms with Crippen LogP contribution >= 0.6 is 49.9 Å². The van der Waals surface area contributed by atoms with Crippen LogP contribution in [0.2, 0.25) is 0 Å². The molecular weight excluding hydrogens is 363 g/mol. The van der Waals surface area contributed by atoms with Crippen LogP contribution in [0.25, 0.3) is 10.1 Å². The van der Waals surface area contributed by atoms with Crippen LogP contribution in [0.1, 0.15) is 10.4 Å². The van der Waals surface area contributed by atoms with Gasteiger partial charge in [-0.3, -0.25) is 4.79 Å². The summed E-state index contributed by atoms with van der Waals surface area (Å²) in [6, 6.07) is 5.89. The van der Waals surface area contributed by atoms with E-state index in [0.717, 1.165) is 24.6 Å². The van der Waals surface area contributed by atoms with E-state index in [1.807, 2.05) is 12.1 Å². The lowest BCUT2D eigenvalue weighted by Gasteiger charge is -1.96. The maximum absolute atomic E-state index is 10.7. The van der Waals surface area contributed by atoms with Crippen LogP contribution in [0, 0.1) is 3.57 Å². The standard InChI is InChI=1S/C9H4BrIOS/c10-8-3-6-7(13-8)2-1-5(4-12)9(6)11/h1-4H. The van der Waals surface area contributed by atoms with Crippen molar-refractivity contribution in [3.8, 4) is 0 Å². The first-order valence-electron chi connectivity index (χ1n) is 3.55. The zero-order chi connectivity index (χ0) is 9.42. The monoisotopic (exact) mass is 366 g/mol. The van der Waals surface area contributed by atoms with Gasteiger partial charge in [-0.2, -0.15) is 0 Å². The minimum Gasteiger partial charge on any atom is -0.298 e. The molecule has 0 saturated carbocycles. The van der Waals surface area contributed by atoms with Crippen molar-refractivity contribution in [2.45, 2.75) is 0 Å². The van der Waals surface area contributed by atoms with Crippen molar-refractivity contribution in [2.75, 3.05) is 0 Å². The molecule has 0 spiro atoms. The van der Waals surface area contributed by atoms with Gasteiger partial charge in [-0.15, -0.1) is 11.3 Å². The Morgan fingerprint density at radius 1 is 1.46 bits per heavy atom. The van der Waals surface area contributed by atoms with Crippen molar-refractivity contribution in [2.24, 2.45) is 0 Å². The molecule has 0 unspecified atom stereocenters. The number of aldehydes is 1. The van der Waals surface area contributed by atoms with Gasteiger partial charge in [-0.25, -0.2) is 0 Å². The molecule has 1 heterocycles. The van der Waals surface area contributed by atoms with Crippen LogP contribution in [-0.2, 0) is 0 Å². The van der Waals surface area contributed by atoms with Crippen LogP contribution in [0.4, 0.5) is 0 Å². The summed E-state index contributed by atoms with van der Waals surface area (Å²) in [6.45, 7) is 0. The van der Waals surface area contributed by atoms with Gasteiger partial charge in [0.05, 0.1) is 3.79 Å². The molecule has 1 nitrogen and oxygen atoms in total. The lowest BCUT2D eigenvalue weighted by Crippen LogP contribution is -1.84. The molecule has 2 rings (SSSR count). The topological polar surface area (TPSA) is 17.1 Å². The van der Waals surface area contributed by atoms with Crippen LogP contribution < -0.4 is 0 Å². The zero-order valence-corrected chi connectivity index (χ0v) is 10.9. The Morgan fingerprint density at radius 2 is 2.23 bits per heavy atom. The number of fused-ring (bicyclic) bond motifs is 1. The summed E-state index contributed by atoms with van der Waals surface area (Å²) in [5.74, 6) is 0. The fraction of sp³-hybridized carbons (Fsp3) is 0. The molecule has 0 radical (unpaired) electrons. The quantitative estimate of drug-likeness (QED) is 0.549. The molecule has 4 heteroatoms. The lowest BCUT2D eigenvalue weighted by molar-refractivity contribution is 0.112. The Hall–Kier alpha value is 0.0600. The highest BCUT2D eigenvalue weighted by Gasteiger charge is 2.06. The van der Waals surface area contributed by atoms with E-state index >= 15 is 0 Å². The van der Waals surface area contributed by atoms with Gasteiger partial charge in [0.1, 0.15) is 0 Å². The van der Waals surface area contributed by atoms with Gasteiger partial charge in [-0.05, 0) is 56.7 Å². The van der Waals surface area contributed by atoms with Crippen molar-refractivity contribution >= 4 is 66.2 Å². The van der Waals surface area contributed by atoms with E-state index < -0.39 is 0 Å². The molecule has 66 valence electrons. The minimum absolute atomic E-state index is 0.762. The number of hydrogen-bond acceptors (Lipinski definition) is 2. The van der Waals surface area contributed by atoms with Crippen molar-refractivity contribution in [3.05, 3.63) is 31.1 Å². The first kappa shape index (κ1) is 9.61. The lowest BCUT2D eigenvalue weighted by atomic mass is 10.2. The third-order valence-electron chi connectivity index (χ3n) is 1.76. The Bertz CT molecular complexity index is 478. The summed E-state index contributed by atoms with van der Waals surface area (Å²) >= 11 is 7.32. The third-order valence-corrected chi connectivity index (χ3v) is 4.57. The van der Waals surface area contributed by atoms with Crippen molar-refractivity contribution in [1.82, 2.24) is 0 Å². The SMILES string of the molecule is O=Cc1ccc2sc(Br)cc2c1I. The van der Waals surface area contributed by atoms with Crippen molar-refractivity contribution in [1.29, 1.82) is 0 Å². The summed E-state index contributed by atoms with van der Waals surface area (Å²) in [6.07, 6.45) is 0.896. The van der Waals surface area contributed by atoms with E-state index in [1.54, 1.807) is 11.3 Å². The molecular formula is C9H4BrIOS. The molecule has 1 aromatic heterocycles. The first-order valence-corrected chi connectivity index (χ1v) is 6.24. The van der Waals surface area contributed by atoms with Crippen molar-refractivity contribution < 1.29 is 4.79 Å². The second kappa shape index (κ2) is 3.67. The highest BCUT2D eigenvalue weighted by Crippen LogP contribution is 2.33. The third kappa shape index (κ3) is 1.67. The molecule has 0 bridgehead atoms. The second-order valence-corrected chi connectivity index (χ2v) is 6.09. The summed E-state index contributed by atoms with van der Waals surface area (Å²) in [5.41, 5.74) is 0.762. The van der Waals surface area contributed by atoms with E-state index in [9.17, 15) is 4.79 Å². The van der Waals surface area contributed by atoms with E-state index in [-0.39, 0.29) is 0 Å². The van der Waals surface area contributed by atoms with E-state index in [0.29, 0.717) is 0 Å². The molecule has 0 aliphatic heterocycles. The molecule has 0 fully saturated rings. The van der Waals surface area contributed by atoms with Gasteiger partial charge in [0.15, 0.2) is 6.29 Å². The molecule has 13 heavy (non-hydrogen) atoms. The minimum atomic E-state index is 0.762. The molecule has 0 saturated heterocycles. The Kier molecular flexibility index (Phi) is 2.71. The second-order valence-electron chi connectivity index (χ2n) is 2.55. The average molecular weight is 367 g/mol. The Morgan fingerprint density at radius 3 is 2.92 bits per heavy atom. The molecule has 2 aromatic rings. The van der Waals surface area contributed by atoms with Crippen molar-refractivity contribution in [3.63, 3.8) is 0 Å². The smallest absolute Gasteiger partial charge is 0.151 e.